The summed E-state index contributed by atoms with van der Waals surface area (Å²) in [6, 6.07) is 62.9. The van der Waals surface area contributed by atoms with Gasteiger partial charge in [-0.25, -0.2) is 0 Å². The number of anilines is 6. The summed E-state index contributed by atoms with van der Waals surface area (Å²) in [6.07, 6.45) is 3.82. The van der Waals surface area contributed by atoms with E-state index >= 15 is 0 Å². The van der Waals surface area contributed by atoms with Gasteiger partial charge in [-0.1, -0.05) is 145 Å². The third-order valence-corrected chi connectivity index (χ3v) is 13.9. The Labute approximate surface area is 387 Å². The van der Waals surface area contributed by atoms with E-state index in [2.05, 4.69) is 204 Å². The Balaban J connectivity index is 1.17. The number of aryl methyl sites for hydroxylation is 1. The van der Waals surface area contributed by atoms with Gasteiger partial charge in [0.2, 0.25) is 0 Å². The van der Waals surface area contributed by atoms with Gasteiger partial charge in [0.15, 0.2) is 0 Å². The van der Waals surface area contributed by atoms with Crippen LogP contribution in [0.5, 0.6) is 0 Å². The van der Waals surface area contributed by atoms with E-state index in [1.165, 1.54) is 61.3 Å². The monoisotopic (exact) mass is 854 g/mol. The lowest BCUT2D eigenvalue weighted by Crippen LogP contribution is -2.61. The number of hydrogen-bond acceptors (Lipinski definition) is 4. The van der Waals surface area contributed by atoms with Crippen molar-refractivity contribution < 1.29 is 8.83 Å². The van der Waals surface area contributed by atoms with Crippen LogP contribution >= 0.6 is 0 Å². The van der Waals surface area contributed by atoms with Crippen molar-refractivity contribution in [3.05, 3.63) is 199 Å². The van der Waals surface area contributed by atoms with Crippen molar-refractivity contribution in [2.45, 2.75) is 59.3 Å². The first kappa shape index (κ1) is 40.0. The van der Waals surface area contributed by atoms with E-state index in [9.17, 15) is 0 Å². The largest absolute Gasteiger partial charge is 0.464 e. The van der Waals surface area contributed by atoms with Crippen molar-refractivity contribution in [2.24, 2.45) is 0 Å². The summed E-state index contributed by atoms with van der Waals surface area (Å²) in [4.78, 5) is 5.06. The van der Waals surface area contributed by atoms with E-state index in [1.807, 2.05) is 36.8 Å². The predicted molar refractivity (Wildman–Crippen MR) is 278 cm³/mol. The molecule has 4 heterocycles. The van der Waals surface area contributed by atoms with Gasteiger partial charge in [-0.15, -0.1) is 0 Å². The molecule has 0 unspecified atom stereocenters. The maximum atomic E-state index is 6.23. The Morgan fingerprint density at radius 3 is 1.52 bits per heavy atom. The molecule has 0 N–H and O–H groups in total. The molecule has 66 heavy (non-hydrogen) atoms. The molecule has 2 aliphatic rings. The van der Waals surface area contributed by atoms with E-state index in [1.54, 1.807) is 0 Å². The molecule has 0 radical (unpaired) electrons. The first-order chi connectivity index (χ1) is 31.9. The molecule has 8 aromatic carbocycles. The second kappa shape index (κ2) is 14.8. The first-order valence-electron chi connectivity index (χ1n) is 23.2. The van der Waals surface area contributed by atoms with Gasteiger partial charge in [0, 0.05) is 56.0 Å². The van der Waals surface area contributed by atoms with Crippen molar-refractivity contribution in [3.63, 3.8) is 0 Å². The van der Waals surface area contributed by atoms with Gasteiger partial charge in [0.05, 0.1) is 12.5 Å². The third-order valence-electron chi connectivity index (χ3n) is 13.9. The summed E-state index contributed by atoms with van der Waals surface area (Å²) in [5.74, 6) is 0. The second-order valence-corrected chi connectivity index (χ2v) is 20.3. The summed E-state index contributed by atoms with van der Waals surface area (Å²) in [7, 11) is 0. The van der Waals surface area contributed by atoms with Gasteiger partial charge in [-0.05, 0) is 140 Å². The van der Waals surface area contributed by atoms with Crippen molar-refractivity contribution in [1.82, 2.24) is 0 Å². The van der Waals surface area contributed by atoms with Crippen LogP contribution < -0.4 is 26.2 Å². The van der Waals surface area contributed by atoms with E-state index < -0.39 is 0 Å². The lowest BCUT2D eigenvalue weighted by Gasteiger charge is -2.45. The molecule has 0 saturated carbocycles. The fraction of sp³-hybridized carbons (Fsp3) is 0.148. The van der Waals surface area contributed by atoms with Gasteiger partial charge >= 0.3 is 0 Å². The average Bonchev–Trinajstić information content (AvgIpc) is 3.96. The van der Waals surface area contributed by atoms with E-state index in [4.69, 9.17) is 8.83 Å². The number of hydrogen-bond donors (Lipinski definition) is 0. The molecular weight excluding hydrogens is 803 g/mol. The number of benzene rings is 8. The summed E-state index contributed by atoms with van der Waals surface area (Å²) in [5, 5.41) is 2.16. The summed E-state index contributed by atoms with van der Waals surface area (Å²) >= 11 is 0. The van der Waals surface area contributed by atoms with E-state index in [0.29, 0.717) is 0 Å². The minimum atomic E-state index is -0.0502. The van der Waals surface area contributed by atoms with Crippen LogP contribution in [0.1, 0.15) is 58.2 Å². The van der Waals surface area contributed by atoms with E-state index in [-0.39, 0.29) is 17.5 Å². The topological polar surface area (TPSA) is 32.8 Å². The molecule has 0 aliphatic carbocycles. The Morgan fingerprint density at radius 2 is 0.924 bits per heavy atom. The van der Waals surface area contributed by atoms with Gasteiger partial charge in [-0.3, -0.25) is 0 Å². The Bertz CT molecular complexity index is 3440. The zero-order chi connectivity index (χ0) is 45.1. The van der Waals surface area contributed by atoms with Crippen LogP contribution in [-0.2, 0) is 10.8 Å². The fourth-order valence-electron chi connectivity index (χ4n) is 10.5. The predicted octanol–water partition coefficient (Wildman–Crippen LogP) is 15.2. The molecule has 4 nitrogen and oxygen atoms in total. The molecular formula is C61H51BN2O2. The molecule has 0 spiro atoms. The lowest BCUT2D eigenvalue weighted by molar-refractivity contribution is 0.590. The Kier molecular flexibility index (Phi) is 8.96. The maximum Gasteiger partial charge on any atom is 0.252 e. The fourth-order valence-corrected chi connectivity index (χ4v) is 10.5. The second-order valence-electron chi connectivity index (χ2n) is 20.3. The van der Waals surface area contributed by atoms with Crippen LogP contribution in [0, 0.1) is 6.92 Å². The molecule has 0 atom stereocenters. The van der Waals surface area contributed by atoms with Crippen molar-refractivity contribution in [1.29, 1.82) is 0 Å². The first-order valence-corrected chi connectivity index (χ1v) is 23.2. The molecule has 320 valence electrons. The van der Waals surface area contributed by atoms with Crippen LogP contribution in [0.4, 0.5) is 34.1 Å². The highest BCUT2D eigenvalue weighted by Crippen LogP contribution is 2.48. The number of nitrogens with zero attached hydrogens (tertiary/aromatic N) is 2. The molecule has 12 rings (SSSR count). The molecule has 2 aliphatic heterocycles. The number of furan rings is 2. The standard InChI is InChI=1S/C61H51BN2O2/c1-38-29-55-59-56(30-38)64(46-32-41(49-36-65-57-19-13-11-17-47(49)57)31-42(33-46)50-37-66-58-20-14-12-18-48(50)58)53-27-21-40(39-15-9-8-10-16-39)34-51(53)62(59)52-35-44(61(5,6)7)24-28-54(52)63(55)45-25-22-43(23-26-45)60(2,3)4/h8-37H,1-7H3. The summed E-state index contributed by atoms with van der Waals surface area (Å²) < 4.78 is 12.5. The molecule has 10 aromatic rings. The molecule has 5 heteroatoms. The van der Waals surface area contributed by atoms with Crippen LogP contribution in [0.3, 0.4) is 0 Å². The number of fused-ring (bicyclic) bond motifs is 6. The Morgan fingerprint density at radius 1 is 0.409 bits per heavy atom. The number of rotatable bonds is 5. The van der Waals surface area contributed by atoms with E-state index in [0.717, 1.165) is 61.3 Å². The average molecular weight is 855 g/mol. The molecule has 0 saturated heterocycles. The van der Waals surface area contributed by atoms with Crippen LogP contribution in [-0.4, -0.2) is 6.71 Å². The minimum absolute atomic E-state index is 0.0348. The SMILES string of the molecule is Cc1cc2c3c(c1)N(c1ccc(C(C)(C)C)cc1)c1ccc(C(C)(C)C)cc1B3c1cc(-c3ccccc3)ccc1N2c1cc(-c2coc3ccccc23)cc(-c2coc3ccccc23)c1. The van der Waals surface area contributed by atoms with Crippen LogP contribution in [0.25, 0.3) is 55.3 Å². The quantitative estimate of drug-likeness (QED) is 0.162. The normalized spacial score (nSPS) is 13.3. The Hall–Kier alpha value is -7.50. The molecule has 0 amide bonds. The van der Waals surface area contributed by atoms with Gasteiger partial charge in [-0.2, -0.15) is 0 Å². The zero-order valence-electron chi connectivity index (χ0n) is 38.6. The van der Waals surface area contributed by atoms with Crippen LogP contribution in [0.15, 0.2) is 191 Å². The lowest BCUT2D eigenvalue weighted by atomic mass is 9.33. The maximum absolute atomic E-state index is 6.23. The highest BCUT2D eigenvalue weighted by Gasteiger charge is 2.44. The molecule has 2 aromatic heterocycles. The van der Waals surface area contributed by atoms with Crippen LogP contribution in [0.2, 0.25) is 0 Å². The van der Waals surface area contributed by atoms with Gasteiger partial charge in [0.25, 0.3) is 6.71 Å². The van der Waals surface area contributed by atoms with Crippen molar-refractivity contribution >= 4 is 79.2 Å². The molecule has 0 bridgehead atoms. The molecule has 0 fully saturated rings. The smallest absolute Gasteiger partial charge is 0.252 e. The van der Waals surface area contributed by atoms with Gasteiger partial charge < -0.3 is 18.6 Å². The van der Waals surface area contributed by atoms with Crippen molar-refractivity contribution in [2.75, 3.05) is 9.80 Å². The van der Waals surface area contributed by atoms with Crippen molar-refractivity contribution in [3.8, 4) is 33.4 Å². The summed E-state index contributed by atoms with van der Waals surface area (Å²) in [6.45, 7) is 16.0. The third kappa shape index (κ3) is 6.43. The highest BCUT2D eigenvalue weighted by molar-refractivity contribution is 7.00. The highest BCUT2D eigenvalue weighted by atomic mass is 16.3. The zero-order valence-corrected chi connectivity index (χ0v) is 38.6. The minimum Gasteiger partial charge on any atom is -0.464 e. The number of para-hydroxylation sites is 2. The van der Waals surface area contributed by atoms with Gasteiger partial charge in [0.1, 0.15) is 11.2 Å². The summed E-state index contributed by atoms with van der Waals surface area (Å²) in [5.41, 5.74) is 23.1.